The first-order chi connectivity index (χ1) is 9.06. The number of rotatable bonds is 6. The van der Waals surface area contributed by atoms with Gasteiger partial charge in [-0.05, 0) is 52.1 Å². The van der Waals surface area contributed by atoms with Crippen LogP contribution in [0.4, 0.5) is 10.8 Å². The van der Waals surface area contributed by atoms with E-state index in [0.29, 0.717) is 6.04 Å². The number of nitrogen functional groups attached to an aromatic ring is 1. The number of fused-ring (bicyclic) bond motifs is 1. The van der Waals surface area contributed by atoms with Crippen LogP contribution in [0.25, 0.3) is 10.2 Å². The molecule has 0 bridgehead atoms. The maximum Gasteiger partial charge on any atom is 0.183 e. The van der Waals surface area contributed by atoms with E-state index in [1.54, 1.807) is 11.3 Å². The van der Waals surface area contributed by atoms with Crippen LogP contribution in [0.1, 0.15) is 20.3 Å². The second kappa shape index (κ2) is 6.21. The van der Waals surface area contributed by atoms with E-state index in [0.717, 1.165) is 40.5 Å². The van der Waals surface area contributed by atoms with E-state index in [1.165, 1.54) is 0 Å². The highest BCUT2D eigenvalue weighted by atomic mass is 32.1. The van der Waals surface area contributed by atoms with Crippen LogP contribution in [0.5, 0.6) is 0 Å². The van der Waals surface area contributed by atoms with Gasteiger partial charge in [0, 0.05) is 18.3 Å². The third-order valence-electron chi connectivity index (χ3n) is 3.26. The predicted molar refractivity (Wildman–Crippen MR) is 84.9 cm³/mol. The summed E-state index contributed by atoms with van der Waals surface area (Å²) in [5.41, 5.74) is 7.58. The molecule has 0 aliphatic rings. The van der Waals surface area contributed by atoms with Gasteiger partial charge in [0.15, 0.2) is 5.13 Å². The molecule has 0 radical (unpaired) electrons. The molecule has 0 saturated carbocycles. The Bertz CT molecular complexity index is 535. The minimum atomic E-state index is 0.602. The van der Waals surface area contributed by atoms with Gasteiger partial charge in [0.1, 0.15) is 0 Å². The summed E-state index contributed by atoms with van der Waals surface area (Å²) in [4.78, 5) is 6.89. The minimum absolute atomic E-state index is 0.602. The Labute approximate surface area is 118 Å². The van der Waals surface area contributed by atoms with Gasteiger partial charge in [-0.1, -0.05) is 11.3 Å². The van der Waals surface area contributed by atoms with Crippen molar-refractivity contribution in [2.24, 2.45) is 0 Å². The average molecular weight is 278 g/mol. The summed E-state index contributed by atoms with van der Waals surface area (Å²) in [5.74, 6) is 0. The van der Waals surface area contributed by atoms with E-state index >= 15 is 0 Å². The van der Waals surface area contributed by atoms with Crippen LogP contribution in [0.2, 0.25) is 0 Å². The Morgan fingerprint density at radius 1 is 1.42 bits per heavy atom. The van der Waals surface area contributed by atoms with Crippen molar-refractivity contribution < 1.29 is 0 Å². The van der Waals surface area contributed by atoms with Gasteiger partial charge in [0.25, 0.3) is 0 Å². The van der Waals surface area contributed by atoms with Crippen molar-refractivity contribution in [1.29, 1.82) is 0 Å². The number of nitrogens with two attached hydrogens (primary N) is 1. The number of hydrogen-bond donors (Lipinski definition) is 2. The second-order valence-electron chi connectivity index (χ2n) is 5.10. The summed E-state index contributed by atoms with van der Waals surface area (Å²) >= 11 is 1.66. The van der Waals surface area contributed by atoms with Crippen molar-refractivity contribution >= 4 is 32.4 Å². The summed E-state index contributed by atoms with van der Waals surface area (Å²) in [6.07, 6.45) is 1.12. The quantitative estimate of drug-likeness (QED) is 0.630. The van der Waals surface area contributed by atoms with E-state index in [2.05, 4.69) is 36.1 Å². The number of nitrogens with one attached hydrogen (secondary N) is 1. The highest BCUT2D eigenvalue weighted by Gasteiger charge is 2.05. The monoisotopic (exact) mass is 278 g/mol. The number of anilines is 2. The fourth-order valence-electron chi connectivity index (χ4n) is 1.80. The molecule has 1 aromatic heterocycles. The number of benzene rings is 1. The van der Waals surface area contributed by atoms with Gasteiger partial charge in [0.05, 0.1) is 10.2 Å². The molecule has 104 valence electrons. The largest absolute Gasteiger partial charge is 0.399 e. The van der Waals surface area contributed by atoms with Crippen molar-refractivity contribution in [3.8, 4) is 0 Å². The Balaban J connectivity index is 1.85. The van der Waals surface area contributed by atoms with Crippen LogP contribution < -0.4 is 11.1 Å². The highest BCUT2D eigenvalue weighted by Crippen LogP contribution is 2.27. The summed E-state index contributed by atoms with van der Waals surface area (Å²) in [6.45, 7) is 6.48. The number of aromatic nitrogens is 1. The third kappa shape index (κ3) is 3.81. The number of nitrogens with zero attached hydrogens (tertiary/aromatic N) is 2. The van der Waals surface area contributed by atoms with Gasteiger partial charge in [-0.3, -0.25) is 0 Å². The molecular formula is C14H22N4S. The van der Waals surface area contributed by atoms with Crippen molar-refractivity contribution in [3.05, 3.63) is 18.2 Å². The van der Waals surface area contributed by atoms with E-state index in [-0.39, 0.29) is 0 Å². The maximum atomic E-state index is 5.77. The molecule has 0 atom stereocenters. The Kier molecular flexibility index (Phi) is 4.61. The lowest BCUT2D eigenvalue weighted by atomic mass is 10.3. The lowest BCUT2D eigenvalue weighted by molar-refractivity contribution is 0.273. The molecule has 0 saturated heterocycles. The van der Waals surface area contributed by atoms with Gasteiger partial charge in [-0.25, -0.2) is 4.98 Å². The molecule has 1 aromatic carbocycles. The molecule has 0 amide bonds. The Morgan fingerprint density at radius 2 is 2.21 bits per heavy atom. The average Bonchev–Trinajstić information content (AvgIpc) is 2.75. The van der Waals surface area contributed by atoms with Gasteiger partial charge in [-0.15, -0.1) is 0 Å². The Hall–Kier alpha value is -1.33. The molecule has 5 heteroatoms. The predicted octanol–water partition coefficient (Wildman–Crippen LogP) is 3.02. The zero-order chi connectivity index (χ0) is 13.8. The minimum Gasteiger partial charge on any atom is -0.399 e. The van der Waals surface area contributed by atoms with E-state index in [4.69, 9.17) is 5.73 Å². The normalized spacial score (nSPS) is 11.6. The molecular weight excluding hydrogens is 256 g/mol. The maximum absolute atomic E-state index is 5.77. The van der Waals surface area contributed by atoms with Gasteiger partial charge in [-0.2, -0.15) is 0 Å². The molecule has 0 aliphatic carbocycles. The molecule has 0 spiro atoms. The summed E-state index contributed by atoms with van der Waals surface area (Å²) in [7, 11) is 2.16. The summed E-state index contributed by atoms with van der Waals surface area (Å²) in [6, 6.07) is 6.44. The van der Waals surface area contributed by atoms with Crippen LogP contribution in [0.15, 0.2) is 18.2 Å². The smallest absolute Gasteiger partial charge is 0.183 e. The topological polar surface area (TPSA) is 54.2 Å². The standard InChI is InChI=1S/C14H22N4S/c1-10(2)18(3)8-4-7-16-14-17-12-6-5-11(15)9-13(12)19-14/h5-6,9-10H,4,7-8,15H2,1-3H3,(H,16,17). The third-order valence-corrected chi connectivity index (χ3v) is 4.23. The molecule has 2 rings (SSSR count). The number of hydrogen-bond acceptors (Lipinski definition) is 5. The van der Waals surface area contributed by atoms with Crippen LogP contribution in [-0.2, 0) is 0 Å². The first-order valence-electron chi connectivity index (χ1n) is 6.66. The van der Waals surface area contributed by atoms with E-state index in [1.807, 2.05) is 18.2 Å². The summed E-state index contributed by atoms with van der Waals surface area (Å²) in [5, 5.41) is 4.37. The molecule has 19 heavy (non-hydrogen) atoms. The Morgan fingerprint density at radius 3 is 2.95 bits per heavy atom. The molecule has 2 aromatic rings. The van der Waals surface area contributed by atoms with E-state index < -0.39 is 0 Å². The van der Waals surface area contributed by atoms with Crippen LogP contribution in [0, 0.1) is 0 Å². The molecule has 0 unspecified atom stereocenters. The fraction of sp³-hybridized carbons (Fsp3) is 0.500. The second-order valence-corrected chi connectivity index (χ2v) is 6.13. The lowest BCUT2D eigenvalue weighted by Gasteiger charge is -2.20. The fourth-order valence-corrected chi connectivity index (χ4v) is 2.74. The molecule has 0 aliphatic heterocycles. The highest BCUT2D eigenvalue weighted by molar-refractivity contribution is 7.22. The molecule has 0 fully saturated rings. The van der Waals surface area contributed by atoms with Crippen LogP contribution >= 0.6 is 11.3 Å². The van der Waals surface area contributed by atoms with Gasteiger partial charge < -0.3 is 16.0 Å². The number of thiazole rings is 1. The van der Waals surface area contributed by atoms with Crippen molar-refractivity contribution in [3.63, 3.8) is 0 Å². The molecule has 3 N–H and O–H groups in total. The van der Waals surface area contributed by atoms with Gasteiger partial charge in [0.2, 0.25) is 0 Å². The van der Waals surface area contributed by atoms with Crippen LogP contribution in [-0.4, -0.2) is 36.1 Å². The van der Waals surface area contributed by atoms with Crippen molar-refractivity contribution in [2.45, 2.75) is 26.3 Å². The lowest BCUT2D eigenvalue weighted by Crippen LogP contribution is -2.28. The van der Waals surface area contributed by atoms with E-state index in [9.17, 15) is 0 Å². The summed E-state index contributed by atoms with van der Waals surface area (Å²) < 4.78 is 1.14. The zero-order valence-corrected chi connectivity index (χ0v) is 12.6. The first-order valence-corrected chi connectivity index (χ1v) is 7.48. The zero-order valence-electron chi connectivity index (χ0n) is 11.8. The van der Waals surface area contributed by atoms with Crippen molar-refractivity contribution in [2.75, 3.05) is 31.2 Å². The first kappa shape index (κ1) is 14.1. The van der Waals surface area contributed by atoms with Crippen LogP contribution in [0.3, 0.4) is 0 Å². The SMILES string of the molecule is CC(C)N(C)CCCNc1nc2ccc(N)cc2s1. The molecule has 1 heterocycles. The molecule has 4 nitrogen and oxygen atoms in total. The van der Waals surface area contributed by atoms with Crippen molar-refractivity contribution in [1.82, 2.24) is 9.88 Å². The van der Waals surface area contributed by atoms with Gasteiger partial charge >= 0.3 is 0 Å².